The van der Waals surface area contributed by atoms with Gasteiger partial charge in [-0.25, -0.2) is 43.2 Å². The molecule has 0 radical (unpaired) electrons. The highest BCUT2D eigenvalue weighted by Crippen LogP contribution is 2.54. The second-order valence-electron chi connectivity index (χ2n) is 19.5. The normalized spacial score (nSPS) is 32.1. The largest absolute Gasteiger partial charge is 0.472 e. The molecule has 6 aromatic rings. The monoisotopic (exact) mass is 1320 g/mol. The van der Waals surface area contributed by atoms with Crippen molar-refractivity contribution < 1.29 is 114 Å². The molecule has 4 fully saturated rings. The number of aliphatic hydroxyl groups is 4. The summed E-state index contributed by atoms with van der Waals surface area (Å²) in [4.78, 5) is 121. The van der Waals surface area contributed by atoms with Crippen molar-refractivity contribution in [2.75, 3.05) is 57.4 Å². The number of nitrogens with zero attached hydrogens (tertiary/aromatic N) is 10. The molecule has 4 saturated heterocycles. The highest BCUT2D eigenvalue weighted by molar-refractivity contribution is 7.52. The Bertz CT molecular complexity index is 3980. The van der Waals surface area contributed by atoms with E-state index in [0.717, 1.165) is 63.9 Å². The highest BCUT2D eigenvalue weighted by atomic mass is 31.2. The molecule has 87 heavy (non-hydrogen) atoms. The molecule has 0 spiro atoms. The average Bonchev–Trinajstić information content (AvgIpc) is 2.14. The number of imidazole rings is 2. The van der Waals surface area contributed by atoms with Crippen LogP contribution in [0.3, 0.4) is 0 Å². The Hall–Kier alpha value is -6.02. The van der Waals surface area contributed by atoms with Crippen LogP contribution in [0.25, 0.3) is 22.3 Å². The first kappa shape index (κ1) is 64.0. The maximum Gasteiger partial charge on any atom is 0.472 e. The Kier molecular flexibility index (Phi) is 18.2. The van der Waals surface area contributed by atoms with Gasteiger partial charge in [-0.15, -0.1) is 0 Å². The third-order valence-electron chi connectivity index (χ3n) is 13.5. The number of phosphoric ester groups is 3. The van der Waals surface area contributed by atoms with Gasteiger partial charge in [0, 0.05) is 32.2 Å². The number of aliphatic hydroxyl groups excluding tert-OH is 4. The molecule has 10 rings (SSSR count). The molecule has 16 N–H and O–H groups in total. The summed E-state index contributed by atoms with van der Waals surface area (Å²) in [6.45, 7) is -3.27. The summed E-state index contributed by atoms with van der Waals surface area (Å²) in [7, 11) is -20.2. The summed E-state index contributed by atoms with van der Waals surface area (Å²) in [6, 6.07) is 2.01. The molecule has 0 aromatic carbocycles. The Morgan fingerprint density at radius 3 is 1.49 bits per heavy atom. The molecule has 0 bridgehead atoms. The third-order valence-corrected chi connectivity index (χ3v) is 17.1. The predicted molar refractivity (Wildman–Crippen MR) is 281 cm³/mol. The molecule has 10 unspecified atom stereocenters. The fraction of sp³-hybridized carbons (Fsp3) is 0.550. The van der Waals surface area contributed by atoms with E-state index in [2.05, 4.69) is 34.9 Å². The molecule has 43 nitrogen and oxygen atoms in total. The maximum absolute atomic E-state index is 14.1. The van der Waals surface area contributed by atoms with Gasteiger partial charge in [0.15, 0.2) is 47.5 Å². The minimum Gasteiger partial charge on any atom is -0.386 e. The number of aromatic nitrogens is 12. The number of nitrogens with one attached hydrogen (secondary N) is 2. The second kappa shape index (κ2) is 24.7. The minimum absolute atomic E-state index is 0.0188. The topological polar surface area (TPSA) is 616 Å². The Labute approximate surface area is 482 Å². The van der Waals surface area contributed by atoms with Gasteiger partial charge in [0.1, 0.15) is 90.9 Å². The number of H-pyrrole nitrogens is 2. The molecule has 47 heteroatoms. The Balaban J connectivity index is 0.879. The van der Waals surface area contributed by atoms with Crippen LogP contribution in [0.15, 0.2) is 62.7 Å². The number of nitrogen functional groups attached to an aromatic ring is 3. The van der Waals surface area contributed by atoms with Crippen molar-refractivity contribution in [3.63, 3.8) is 0 Å². The zero-order valence-corrected chi connectivity index (χ0v) is 47.9. The first-order chi connectivity index (χ1) is 40.9. The van der Waals surface area contributed by atoms with Gasteiger partial charge in [-0.1, -0.05) is 0 Å². The predicted octanol–water partition coefficient (Wildman–Crippen LogP) is -5.10. The van der Waals surface area contributed by atoms with Crippen molar-refractivity contribution >= 4 is 71.0 Å². The molecule has 10 heterocycles. The standard InChI is InChI=1S/C40H53N15O28P4/c1-72-7-14-27(23(58)35(76-14)53-6-4-19(56)49-40(53)63)81-85(66,67)74-9-16-28(24(59)34(77-16)52-5-3-18(41)48-39(52)62)82-87(70,71)75-10-17-29(25(60)37(79-17)55-13-47-21-32(55)50-38(43)51-33(21)61)83-86(68,69)73-8-15-26(80-84(2,64)65)22(57)36(78-15)54-12-46-20-30(42)44-11-45-31(20)54/h3-6,11-17,22-29,34-37,57-60H,7-10H2,1-2H3,(H,64,65)(H,66,67)(H,68,69)(H,70,71)(H2,41,48,62)(H2,42,44,45)(H,49,56,63)(H3,43,50,51,61)/t14-,15-,16-,17-,22?,23?,24+,25+,26+,27+,28?,29?,34-,35?,36?,37-/m1/s1. The summed E-state index contributed by atoms with van der Waals surface area (Å²) in [5.41, 5.74) is 12.8. The fourth-order valence-corrected chi connectivity index (χ4v) is 13.3. The molecular weight excluding hydrogens is 1260 g/mol. The van der Waals surface area contributed by atoms with Crippen molar-refractivity contribution in [1.29, 1.82) is 0 Å². The lowest BCUT2D eigenvalue weighted by atomic mass is 10.1. The number of hydrogen-bond acceptors (Lipinski definition) is 33. The van der Waals surface area contributed by atoms with Crippen LogP contribution in [0.4, 0.5) is 17.6 Å². The lowest BCUT2D eigenvalue weighted by molar-refractivity contribution is -0.0664. The number of phosphoric acid groups is 3. The first-order valence-corrected chi connectivity index (χ1v) is 31.5. The molecule has 4 aliphatic heterocycles. The number of methoxy groups -OCH3 is 1. The Morgan fingerprint density at radius 1 is 0.563 bits per heavy atom. The van der Waals surface area contributed by atoms with Gasteiger partial charge in [0.05, 0.1) is 39.1 Å². The Morgan fingerprint density at radius 2 is 1.01 bits per heavy atom. The van der Waals surface area contributed by atoms with E-state index in [4.69, 9.17) is 72.6 Å². The van der Waals surface area contributed by atoms with Crippen molar-refractivity contribution in [3.8, 4) is 0 Å². The van der Waals surface area contributed by atoms with Crippen LogP contribution in [-0.4, -0.2) is 212 Å². The summed E-state index contributed by atoms with van der Waals surface area (Å²) in [6.07, 6.45) is -25.2. The number of hydrogen-bond donors (Lipinski definition) is 13. The molecule has 6 aromatic heterocycles. The van der Waals surface area contributed by atoms with E-state index in [9.17, 15) is 77.4 Å². The van der Waals surface area contributed by atoms with Crippen molar-refractivity contribution in [2.24, 2.45) is 0 Å². The van der Waals surface area contributed by atoms with E-state index in [1.807, 2.05) is 4.98 Å². The van der Waals surface area contributed by atoms with Gasteiger partial charge in [-0.3, -0.25) is 74.1 Å². The molecular formula is C40H53N15O28P4. The summed E-state index contributed by atoms with van der Waals surface area (Å²) < 4.78 is 123. The fourth-order valence-electron chi connectivity index (χ4n) is 9.73. The number of ether oxygens (including phenoxy) is 5. The van der Waals surface area contributed by atoms with Crippen LogP contribution in [0.5, 0.6) is 0 Å². The maximum atomic E-state index is 14.1. The average molecular weight is 1320 g/mol. The lowest BCUT2D eigenvalue weighted by Crippen LogP contribution is -2.39. The molecule has 4 aliphatic rings. The van der Waals surface area contributed by atoms with E-state index in [1.54, 1.807) is 0 Å². The van der Waals surface area contributed by atoms with Gasteiger partial charge in [0.2, 0.25) is 5.95 Å². The molecule has 20 atom stereocenters. The number of aromatic amines is 2. The van der Waals surface area contributed by atoms with Gasteiger partial charge < -0.3 is 80.9 Å². The van der Waals surface area contributed by atoms with Crippen LogP contribution in [0, 0.1) is 0 Å². The van der Waals surface area contributed by atoms with Crippen molar-refractivity contribution in [3.05, 3.63) is 85.2 Å². The minimum atomic E-state index is -5.78. The van der Waals surface area contributed by atoms with Gasteiger partial charge >= 0.3 is 42.4 Å². The van der Waals surface area contributed by atoms with Crippen molar-refractivity contribution in [1.82, 2.24) is 58.1 Å². The van der Waals surface area contributed by atoms with E-state index >= 15 is 0 Å². The molecule has 0 amide bonds. The van der Waals surface area contributed by atoms with Crippen LogP contribution >= 0.6 is 31.1 Å². The smallest absolute Gasteiger partial charge is 0.386 e. The number of nitrogens with two attached hydrogens (primary N) is 3. The number of fused-ring (bicyclic) bond motifs is 2. The van der Waals surface area contributed by atoms with E-state index < -0.39 is 184 Å². The quantitative estimate of drug-likeness (QED) is 0.0267. The van der Waals surface area contributed by atoms with Crippen LogP contribution in [0.2, 0.25) is 0 Å². The zero-order valence-electron chi connectivity index (χ0n) is 44.3. The van der Waals surface area contributed by atoms with Gasteiger partial charge in [-0.2, -0.15) is 9.97 Å². The van der Waals surface area contributed by atoms with Crippen LogP contribution in [-0.2, 0) is 73.6 Å². The molecule has 476 valence electrons. The summed E-state index contributed by atoms with van der Waals surface area (Å²) in [5, 5.41) is 46.0. The van der Waals surface area contributed by atoms with Crippen LogP contribution < -0.4 is 39.7 Å². The number of rotatable bonds is 23. The molecule has 0 aliphatic carbocycles. The van der Waals surface area contributed by atoms with Gasteiger partial charge in [-0.05, 0) is 6.07 Å². The summed E-state index contributed by atoms with van der Waals surface area (Å²) >= 11 is 0. The summed E-state index contributed by atoms with van der Waals surface area (Å²) in [5.74, 6) is -0.811. The van der Waals surface area contributed by atoms with Crippen molar-refractivity contribution in [2.45, 2.75) is 98.2 Å². The third kappa shape index (κ3) is 13.6. The second-order valence-corrected chi connectivity index (χ2v) is 25.5. The first-order valence-electron chi connectivity index (χ1n) is 25.0. The van der Waals surface area contributed by atoms with E-state index in [-0.39, 0.29) is 34.0 Å². The van der Waals surface area contributed by atoms with E-state index in [0.29, 0.717) is 4.57 Å². The zero-order chi connectivity index (χ0) is 62.8. The van der Waals surface area contributed by atoms with Gasteiger partial charge in [0.25, 0.3) is 11.1 Å². The highest BCUT2D eigenvalue weighted by Gasteiger charge is 2.55. The lowest BCUT2D eigenvalue weighted by Gasteiger charge is -2.27. The van der Waals surface area contributed by atoms with Crippen LogP contribution in [0.1, 0.15) is 24.9 Å². The number of anilines is 3. The SMILES string of the molecule is COC[C@H]1OC(n2ccc(=O)[nH]c2=O)C(O)[C@H]1OP(=O)(O)OC[C@H]1O[C@@H](n2ccc(N)nc2=O)[C@@H](O)C1OP(=O)(O)OC[C@H]1O[C@@H](n2cnc3c(=O)[nH]c(N)nc32)[C@@H](O)C1OP(=O)(O)OC[C@H]1OC(n2cnc3c(N)ncnc32)C(O)[C@H]1OP(C)(=O)O. The van der Waals surface area contributed by atoms with E-state index in [1.165, 1.54) is 7.11 Å². The molecule has 0 saturated carbocycles.